The molecule has 0 radical (unpaired) electrons. The van der Waals surface area contributed by atoms with Gasteiger partial charge >= 0.3 is 0 Å². The summed E-state index contributed by atoms with van der Waals surface area (Å²) in [4.78, 5) is 8.34. The average Bonchev–Trinajstić information content (AvgIpc) is 2.85. The number of aromatic nitrogens is 2. The van der Waals surface area contributed by atoms with Crippen LogP contribution in [0.4, 0.5) is 11.5 Å². The fraction of sp³-hybridized carbons (Fsp3) is 0.267. The molecule has 0 saturated heterocycles. The van der Waals surface area contributed by atoms with Gasteiger partial charge in [-0.05, 0) is 49.4 Å². The van der Waals surface area contributed by atoms with E-state index in [2.05, 4.69) is 33.5 Å². The molecule has 1 aliphatic carbocycles. The summed E-state index contributed by atoms with van der Waals surface area (Å²) in [5.74, 6) is 1.27. The van der Waals surface area contributed by atoms with Crippen molar-refractivity contribution in [2.24, 2.45) is 0 Å². The van der Waals surface area contributed by atoms with Gasteiger partial charge in [0, 0.05) is 11.8 Å². The number of nitrogens with one attached hydrogen (secondary N) is 1. The van der Waals surface area contributed by atoms with Gasteiger partial charge in [-0.3, -0.25) is 0 Å². The highest BCUT2D eigenvalue weighted by Crippen LogP contribution is 2.26. The normalized spacial score (nSPS) is 12.8. The molecule has 1 aromatic heterocycles. The van der Waals surface area contributed by atoms with Crippen molar-refractivity contribution in [1.82, 2.24) is 9.97 Å². The zero-order valence-electron chi connectivity index (χ0n) is 10.8. The third-order valence-corrected chi connectivity index (χ3v) is 3.32. The van der Waals surface area contributed by atoms with Gasteiger partial charge in [0.2, 0.25) is 0 Å². The minimum atomic E-state index is 0.385. The molecule has 1 heterocycles. The van der Waals surface area contributed by atoms with Crippen molar-refractivity contribution < 1.29 is 0 Å². The van der Waals surface area contributed by atoms with E-state index >= 15 is 0 Å². The van der Waals surface area contributed by atoms with Gasteiger partial charge in [-0.2, -0.15) is 5.26 Å². The molecule has 1 N–H and O–H groups in total. The number of anilines is 2. The van der Waals surface area contributed by atoms with E-state index in [1.54, 1.807) is 13.0 Å². The Labute approximate surface area is 112 Å². The first kappa shape index (κ1) is 11.7. The predicted octanol–water partition coefficient (Wildman–Crippen LogP) is 2.89. The molecule has 4 nitrogen and oxygen atoms in total. The van der Waals surface area contributed by atoms with Gasteiger partial charge in [0.15, 0.2) is 0 Å². The van der Waals surface area contributed by atoms with Crippen molar-refractivity contribution in [1.29, 1.82) is 5.26 Å². The highest BCUT2D eigenvalue weighted by atomic mass is 15.0. The van der Waals surface area contributed by atoms with Crippen LogP contribution in [0, 0.1) is 18.3 Å². The first-order valence-corrected chi connectivity index (χ1v) is 6.39. The van der Waals surface area contributed by atoms with E-state index in [1.165, 1.54) is 24.0 Å². The number of nitriles is 1. The molecule has 19 heavy (non-hydrogen) atoms. The molecule has 2 aromatic rings. The highest BCUT2D eigenvalue weighted by molar-refractivity contribution is 5.59. The number of aryl methyl sites for hydroxylation is 3. The molecule has 0 saturated carbocycles. The van der Waals surface area contributed by atoms with Gasteiger partial charge in [0.05, 0.1) is 0 Å². The molecule has 0 fully saturated rings. The van der Waals surface area contributed by atoms with E-state index in [9.17, 15) is 0 Å². The molecular formula is C15H14N4. The summed E-state index contributed by atoms with van der Waals surface area (Å²) >= 11 is 0. The topological polar surface area (TPSA) is 61.6 Å². The van der Waals surface area contributed by atoms with Gasteiger partial charge in [-0.15, -0.1) is 0 Å². The average molecular weight is 250 g/mol. The van der Waals surface area contributed by atoms with Crippen LogP contribution in [-0.2, 0) is 12.8 Å². The molecule has 0 amide bonds. The summed E-state index contributed by atoms with van der Waals surface area (Å²) in [6.07, 6.45) is 3.57. The number of nitrogens with zero attached hydrogens (tertiary/aromatic N) is 3. The minimum Gasteiger partial charge on any atom is -0.340 e. The lowest BCUT2D eigenvalue weighted by Crippen LogP contribution is -1.99. The second-order valence-electron chi connectivity index (χ2n) is 4.76. The van der Waals surface area contributed by atoms with Crippen LogP contribution in [0.5, 0.6) is 0 Å². The zero-order valence-corrected chi connectivity index (χ0v) is 10.8. The molecule has 0 bridgehead atoms. The Hall–Kier alpha value is -2.41. The standard InChI is InChI=1S/C15H14N4/c1-10-17-14(9-16)8-15(18-10)19-13-6-5-11-3-2-4-12(11)7-13/h5-8H,2-4H2,1H3,(H,17,18,19). The SMILES string of the molecule is Cc1nc(C#N)cc(Nc2ccc3c(c2)CCC3)n1. The van der Waals surface area contributed by atoms with Gasteiger partial charge in [0.25, 0.3) is 0 Å². The van der Waals surface area contributed by atoms with Crippen molar-refractivity contribution in [3.05, 3.63) is 46.9 Å². The molecule has 3 rings (SSSR count). The number of fused-ring (bicyclic) bond motifs is 1. The van der Waals surface area contributed by atoms with Crippen LogP contribution in [0.15, 0.2) is 24.3 Å². The Kier molecular flexibility index (Phi) is 2.88. The Balaban J connectivity index is 1.89. The molecule has 4 heteroatoms. The van der Waals surface area contributed by atoms with Crippen LogP contribution in [-0.4, -0.2) is 9.97 Å². The molecule has 1 aliphatic rings. The molecule has 0 unspecified atom stereocenters. The van der Waals surface area contributed by atoms with Crippen LogP contribution in [0.1, 0.15) is 29.1 Å². The lowest BCUT2D eigenvalue weighted by atomic mass is 10.1. The first-order chi connectivity index (χ1) is 9.24. The summed E-state index contributed by atoms with van der Waals surface area (Å²) in [7, 11) is 0. The monoisotopic (exact) mass is 250 g/mol. The van der Waals surface area contributed by atoms with Gasteiger partial charge in [0.1, 0.15) is 23.4 Å². The highest BCUT2D eigenvalue weighted by Gasteiger charge is 2.11. The number of hydrogen-bond donors (Lipinski definition) is 1. The third kappa shape index (κ3) is 2.41. The second-order valence-corrected chi connectivity index (χ2v) is 4.76. The number of rotatable bonds is 2. The van der Waals surface area contributed by atoms with E-state index in [0.29, 0.717) is 17.3 Å². The Morgan fingerprint density at radius 2 is 2.00 bits per heavy atom. The first-order valence-electron chi connectivity index (χ1n) is 6.39. The largest absolute Gasteiger partial charge is 0.340 e. The molecule has 0 spiro atoms. The lowest BCUT2D eigenvalue weighted by Gasteiger charge is -2.08. The van der Waals surface area contributed by atoms with E-state index in [4.69, 9.17) is 5.26 Å². The maximum absolute atomic E-state index is 8.91. The fourth-order valence-corrected chi connectivity index (χ4v) is 2.49. The van der Waals surface area contributed by atoms with E-state index in [1.807, 2.05) is 6.07 Å². The summed E-state index contributed by atoms with van der Waals surface area (Å²) in [5.41, 5.74) is 4.26. The van der Waals surface area contributed by atoms with Crippen LogP contribution in [0.3, 0.4) is 0 Å². The Bertz CT molecular complexity index is 670. The zero-order chi connectivity index (χ0) is 13.2. The fourth-order valence-electron chi connectivity index (χ4n) is 2.49. The maximum atomic E-state index is 8.91. The molecule has 0 atom stereocenters. The third-order valence-electron chi connectivity index (χ3n) is 3.32. The Morgan fingerprint density at radius 3 is 2.84 bits per heavy atom. The Morgan fingerprint density at radius 1 is 1.16 bits per heavy atom. The van der Waals surface area contributed by atoms with Gasteiger partial charge in [-0.25, -0.2) is 9.97 Å². The van der Waals surface area contributed by atoms with E-state index < -0.39 is 0 Å². The van der Waals surface area contributed by atoms with Crippen molar-refractivity contribution in [3.63, 3.8) is 0 Å². The summed E-state index contributed by atoms with van der Waals surface area (Å²) in [6, 6.07) is 10.1. The molecular weight excluding hydrogens is 236 g/mol. The van der Waals surface area contributed by atoms with Gasteiger partial charge < -0.3 is 5.32 Å². The molecule has 94 valence electrons. The van der Waals surface area contributed by atoms with Crippen molar-refractivity contribution >= 4 is 11.5 Å². The maximum Gasteiger partial charge on any atom is 0.146 e. The molecule has 1 aromatic carbocycles. The molecule has 0 aliphatic heterocycles. The van der Waals surface area contributed by atoms with Crippen molar-refractivity contribution in [3.8, 4) is 6.07 Å². The second kappa shape index (κ2) is 4.69. The van der Waals surface area contributed by atoms with Crippen LogP contribution >= 0.6 is 0 Å². The van der Waals surface area contributed by atoms with E-state index in [0.717, 1.165) is 12.1 Å². The number of hydrogen-bond acceptors (Lipinski definition) is 4. The summed E-state index contributed by atoms with van der Waals surface area (Å²) < 4.78 is 0. The van der Waals surface area contributed by atoms with Crippen molar-refractivity contribution in [2.75, 3.05) is 5.32 Å². The van der Waals surface area contributed by atoms with Crippen LogP contribution in [0.2, 0.25) is 0 Å². The van der Waals surface area contributed by atoms with Crippen molar-refractivity contribution in [2.45, 2.75) is 26.2 Å². The predicted molar refractivity (Wildman–Crippen MR) is 73.2 cm³/mol. The summed E-state index contributed by atoms with van der Waals surface area (Å²) in [5, 5.41) is 12.2. The smallest absolute Gasteiger partial charge is 0.146 e. The minimum absolute atomic E-state index is 0.385. The quantitative estimate of drug-likeness (QED) is 0.890. The van der Waals surface area contributed by atoms with Crippen LogP contribution < -0.4 is 5.32 Å². The van der Waals surface area contributed by atoms with Gasteiger partial charge in [-0.1, -0.05) is 6.07 Å². The van der Waals surface area contributed by atoms with E-state index in [-0.39, 0.29) is 0 Å². The summed E-state index contributed by atoms with van der Waals surface area (Å²) in [6.45, 7) is 1.79. The van der Waals surface area contributed by atoms with Crippen LogP contribution in [0.25, 0.3) is 0 Å². The number of benzene rings is 1. The lowest BCUT2D eigenvalue weighted by molar-refractivity contribution is 0.912.